The van der Waals surface area contributed by atoms with Crippen molar-refractivity contribution in [1.29, 1.82) is 0 Å². The zero-order valence-corrected chi connectivity index (χ0v) is 9.61. The molecule has 0 aliphatic heterocycles. The van der Waals surface area contributed by atoms with Gasteiger partial charge in [-0.1, -0.05) is 6.58 Å². The van der Waals surface area contributed by atoms with Gasteiger partial charge in [0.1, 0.15) is 21.3 Å². The topological polar surface area (TPSA) is 54.0 Å². The molecule has 88 valence electrons. The summed E-state index contributed by atoms with van der Waals surface area (Å²) in [5.41, 5.74) is 0.348. The Morgan fingerprint density at radius 2 is 1.67 bits per heavy atom. The van der Waals surface area contributed by atoms with E-state index in [1.165, 1.54) is 21.3 Å². The highest BCUT2D eigenvalue weighted by Crippen LogP contribution is 2.07. The number of carbonyl (C=O) groups is 1. The van der Waals surface area contributed by atoms with Crippen LogP contribution in [0.4, 0.5) is 0 Å². The lowest BCUT2D eigenvalue weighted by molar-refractivity contribution is -1.36. The van der Waals surface area contributed by atoms with E-state index in [2.05, 4.69) is 6.58 Å². The second kappa shape index (κ2) is 6.52. The summed E-state index contributed by atoms with van der Waals surface area (Å²) in [6.45, 7) is 5.37. The Bertz CT molecular complexity index is 216. The zero-order valence-electron chi connectivity index (χ0n) is 9.61. The number of hydroxylamine groups is 3. The molecule has 0 aromatic carbocycles. The van der Waals surface area contributed by atoms with Crippen molar-refractivity contribution in [1.82, 2.24) is 0 Å². The fourth-order valence-electron chi connectivity index (χ4n) is 0.871. The van der Waals surface area contributed by atoms with Crippen LogP contribution in [0.1, 0.15) is 6.92 Å². The molecule has 0 bridgehead atoms. The SMILES string of the molecule is C=C(C)C(=O)OCC[N+](OC)(OC)OC. The molecule has 0 aliphatic carbocycles. The molecule has 0 rings (SSSR count). The van der Waals surface area contributed by atoms with Gasteiger partial charge < -0.3 is 4.74 Å². The van der Waals surface area contributed by atoms with Gasteiger partial charge in [0, 0.05) is 5.57 Å². The molecule has 0 aromatic rings. The Labute approximate surface area is 89.4 Å². The van der Waals surface area contributed by atoms with E-state index in [0.29, 0.717) is 5.57 Å². The molecule has 0 spiro atoms. The van der Waals surface area contributed by atoms with Gasteiger partial charge in [0.25, 0.3) is 0 Å². The van der Waals surface area contributed by atoms with Crippen LogP contribution < -0.4 is 0 Å². The summed E-state index contributed by atoms with van der Waals surface area (Å²) in [6.07, 6.45) is 0. The summed E-state index contributed by atoms with van der Waals surface area (Å²) < 4.78 is 4.87. The van der Waals surface area contributed by atoms with Crippen molar-refractivity contribution < 1.29 is 29.0 Å². The highest BCUT2D eigenvalue weighted by molar-refractivity contribution is 5.86. The summed E-state index contributed by atoms with van der Waals surface area (Å²) in [6, 6.07) is 0. The molecule has 0 aromatic heterocycles. The van der Waals surface area contributed by atoms with Crippen LogP contribution in [-0.2, 0) is 24.0 Å². The van der Waals surface area contributed by atoms with Crippen LogP contribution in [0.3, 0.4) is 0 Å². The Morgan fingerprint density at radius 3 is 2.00 bits per heavy atom. The van der Waals surface area contributed by atoms with E-state index in [1.54, 1.807) is 6.92 Å². The fourth-order valence-corrected chi connectivity index (χ4v) is 0.871. The van der Waals surface area contributed by atoms with Crippen LogP contribution in [0, 0.1) is 0 Å². The monoisotopic (exact) mass is 220 g/mol. The van der Waals surface area contributed by atoms with Crippen LogP contribution in [0.2, 0.25) is 0 Å². The first-order valence-electron chi connectivity index (χ1n) is 4.39. The fraction of sp³-hybridized carbons (Fsp3) is 0.667. The third-order valence-corrected chi connectivity index (χ3v) is 1.78. The van der Waals surface area contributed by atoms with Gasteiger partial charge in [0.2, 0.25) is 6.54 Å². The minimum Gasteiger partial charge on any atom is -0.456 e. The van der Waals surface area contributed by atoms with Gasteiger partial charge in [0.05, 0.1) is 4.97 Å². The van der Waals surface area contributed by atoms with Gasteiger partial charge >= 0.3 is 5.97 Å². The predicted octanol–water partition coefficient (Wildman–Crippen LogP) is 0.607. The molecule has 0 heterocycles. The highest BCUT2D eigenvalue weighted by atomic mass is 17.2. The largest absolute Gasteiger partial charge is 0.456 e. The predicted molar refractivity (Wildman–Crippen MR) is 51.9 cm³/mol. The highest BCUT2D eigenvalue weighted by Gasteiger charge is 2.30. The first-order chi connectivity index (χ1) is 7.01. The van der Waals surface area contributed by atoms with Crippen molar-refractivity contribution in [2.24, 2.45) is 0 Å². The van der Waals surface area contributed by atoms with E-state index >= 15 is 0 Å². The number of esters is 1. The number of hydrogen-bond acceptors (Lipinski definition) is 5. The average molecular weight is 220 g/mol. The molecule has 6 heteroatoms. The number of ether oxygens (including phenoxy) is 1. The average Bonchev–Trinajstić information content (AvgIpc) is 2.24. The Balaban J connectivity index is 4.02. The first kappa shape index (κ1) is 14.1. The lowest BCUT2D eigenvalue weighted by Crippen LogP contribution is -2.47. The quantitative estimate of drug-likeness (QED) is 0.272. The molecular weight excluding hydrogens is 202 g/mol. The Hall–Kier alpha value is -0.950. The van der Waals surface area contributed by atoms with Gasteiger partial charge in [-0.15, -0.1) is 14.5 Å². The minimum atomic E-state index is -0.497. The maximum absolute atomic E-state index is 11.0. The minimum absolute atomic E-state index is 0.112. The number of hydrogen-bond donors (Lipinski definition) is 0. The lowest BCUT2D eigenvalue weighted by atomic mass is 10.4. The van der Waals surface area contributed by atoms with Gasteiger partial charge in [-0.3, -0.25) is 0 Å². The molecule has 0 amide bonds. The number of carbonyl (C=O) groups excluding carboxylic acids is 1. The van der Waals surface area contributed by atoms with E-state index in [-0.39, 0.29) is 13.2 Å². The molecule has 0 saturated heterocycles. The molecular formula is C9H18NO5+. The van der Waals surface area contributed by atoms with E-state index in [4.69, 9.17) is 19.2 Å². The molecule has 0 fully saturated rings. The van der Waals surface area contributed by atoms with Crippen molar-refractivity contribution >= 4 is 5.97 Å². The van der Waals surface area contributed by atoms with E-state index in [1.807, 2.05) is 0 Å². The molecule has 0 unspecified atom stereocenters. The zero-order chi connectivity index (χ0) is 11.9. The van der Waals surface area contributed by atoms with E-state index in [0.717, 1.165) is 0 Å². The molecule has 0 aliphatic rings. The number of quaternary nitrogens is 1. The molecule has 0 N–H and O–H groups in total. The lowest BCUT2D eigenvalue weighted by Gasteiger charge is -2.24. The number of rotatable bonds is 7. The molecule has 6 nitrogen and oxygen atoms in total. The van der Waals surface area contributed by atoms with Crippen molar-refractivity contribution in [3.8, 4) is 0 Å². The summed E-state index contributed by atoms with van der Waals surface area (Å²) in [4.78, 5) is 25.4. The first-order valence-corrected chi connectivity index (χ1v) is 4.39. The van der Waals surface area contributed by atoms with Crippen molar-refractivity contribution in [3.63, 3.8) is 0 Å². The Kier molecular flexibility index (Phi) is 6.11. The molecule has 0 radical (unpaired) electrons. The molecule has 15 heavy (non-hydrogen) atoms. The summed E-state index contributed by atoms with van der Waals surface area (Å²) in [5.74, 6) is -0.448. The van der Waals surface area contributed by atoms with Crippen LogP contribution in [-0.4, -0.2) is 45.4 Å². The normalized spacial score (nSPS) is 11.2. The molecule has 0 atom stereocenters. The van der Waals surface area contributed by atoms with Gasteiger partial charge in [-0.25, -0.2) is 4.79 Å². The summed E-state index contributed by atoms with van der Waals surface area (Å²) >= 11 is 0. The second-order valence-electron chi connectivity index (χ2n) is 2.80. The van der Waals surface area contributed by atoms with E-state index < -0.39 is 10.9 Å². The van der Waals surface area contributed by atoms with Crippen molar-refractivity contribution in [2.45, 2.75) is 6.92 Å². The van der Waals surface area contributed by atoms with Gasteiger partial charge in [-0.05, 0) is 6.92 Å². The maximum atomic E-state index is 11.0. The van der Waals surface area contributed by atoms with E-state index in [9.17, 15) is 4.79 Å². The van der Waals surface area contributed by atoms with Crippen molar-refractivity contribution in [3.05, 3.63) is 12.2 Å². The smallest absolute Gasteiger partial charge is 0.333 e. The van der Waals surface area contributed by atoms with Crippen LogP contribution in [0.5, 0.6) is 0 Å². The van der Waals surface area contributed by atoms with Crippen LogP contribution >= 0.6 is 0 Å². The van der Waals surface area contributed by atoms with Gasteiger partial charge in [0.15, 0.2) is 6.61 Å². The molecule has 0 saturated carbocycles. The Morgan fingerprint density at radius 1 is 1.20 bits per heavy atom. The van der Waals surface area contributed by atoms with Crippen LogP contribution in [0.25, 0.3) is 0 Å². The number of nitrogens with zero attached hydrogens (tertiary/aromatic N) is 1. The second-order valence-corrected chi connectivity index (χ2v) is 2.80. The van der Waals surface area contributed by atoms with Crippen LogP contribution in [0.15, 0.2) is 12.2 Å². The standard InChI is InChI=1S/C9H18NO5/c1-8(2)9(11)15-7-6-10(12-3,13-4)14-5/h1,6-7H2,2-5H3/q+1. The maximum Gasteiger partial charge on any atom is 0.333 e. The third-order valence-electron chi connectivity index (χ3n) is 1.78. The van der Waals surface area contributed by atoms with Gasteiger partial charge in [-0.2, -0.15) is 0 Å². The van der Waals surface area contributed by atoms with Crippen molar-refractivity contribution in [2.75, 3.05) is 34.5 Å². The third kappa shape index (κ3) is 4.39. The summed E-state index contributed by atoms with van der Waals surface area (Å²) in [5, 5.41) is 0. The summed E-state index contributed by atoms with van der Waals surface area (Å²) in [7, 11) is 4.27.